The van der Waals surface area contributed by atoms with Gasteiger partial charge in [0.15, 0.2) is 6.79 Å². The molecule has 4 aliphatic carbocycles. The Kier molecular flexibility index (Phi) is 5.64. The molecule has 35 heavy (non-hydrogen) atoms. The highest BCUT2D eigenvalue weighted by Gasteiger charge is 2.52. The van der Waals surface area contributed by atoms with Gasteiger partial charge in [0, 0.05) is 29.6 Å². The van der Waals surface area contributed by atoms with E-state index in [-0.39, 0.29) is 17.8 Å². The van der Waals surface area contributed by atoms with Gasteiger partial charge < -0.3 is 19.1 Å². The summed E-state index contributed by atoms with van der Waals surface area (Å²) in [5, 5.41) is 9.17. The summed E-state index contributed by atoms with van der Waals surface area (Å²) in [6, 6.07) is 13.4. The third-order valence-electron chi connectivity index (χ3n) is 8.38. The van der Waals surface area contributed by atoms with Crippen LogP contribution >= 0.6 is 0 Å². The summed E-state index contributed by atoms with van der Waals surface area (Å²) in [6.45, 7) is 2.89. The summed E-state index contributed by atoms with van der Waals surface area (Å²) in [7, 11) is 0. The minimum absolute atomic E-state index is 0.197. The second-order valence-corrected chi connectivity index (χ2v) is 10.7. The Balaban J connectivity index is 1.34. The molecule has 2 aromatic carbocycles. The molecule has 4 saturated carbocycles. The molecule has 0 amide bonds. The first-order valence-electron chi connectivity index (χ1n) is 12.8. The van der Waals surface area contributed by atoms with Crippen molar-refractivity contribution in [2.24, 2.45) is 17.8 Å². The summed E-state index contributed by atoms with van der Waals surface area (Å²) in [5.74, 6) is 2.56. The number of aromatic nitrogens is 2. The Morgan fingerprint density at radius 2 is 1.74 bits per heavy atom. The van der Waals surface area contributed by atoms with E-state index < -0.39 is 5.97 Å². The van der Waals surface area contributed by atoms with Crippen LogP contribution in [0.1, 0.15) is 61.4 Å². The van der Waals surface area contributed by atoms with Crippen LogP contribution in [-0.2, 0) is 10.2 Å². The van der Waals surface area contributed by atoms with E-state index in [1.54, 1.807) is 12.1 Å². The number of benzene rings is 2. The molecule has 0 aliphatic heterocycles. The van der Waals surface area contributed by atoms with E-state index in [2.05, 4.69) is 27.8 Å². The quantitative estimate of drug-likeness (QED) is 0.318. The molecule has 7 rings (SSSR count). The average Bonchev–Trinajstić information content (AvgIpc) is 3.34. The lowest BCUT2D eigenvalue weighted by Crippen LogP contribution is -2.48. The van der Waals surface area contributed by atoms with Gasteiger partial charge in [0.05, 0.1) is 17.6 Å². The van der Waals surface area contributed by atoms with Crippen molar-refractivity contribution in [3.8, 4) is 22.7 Å². The number of imidazole rings is 1. The van der Waals surface area contributed by atoms with Crippen LogP contribution in [0.15, 0.2) is 55.0 Å². The van der Waals surface area contributed by atoms with Crippen LogP contribution in [0.2, 0.25) is 0 Å². The Labute approximate surface area is 205 Å². The molecule has 1 N–H and O–H groups in total. The number of carboxylic acids is 1. The van der Waals surface area contributed by atoms with Crippen molar-refractivity contribution in [2.75, 3.05) is 13.4 Å². The van der Waals surface area contributed by atoms with E-state index in [1.165, 1.54) is 44.1 Å². The number of aromatic carboxylic acids is 1. The van der Waals surface area contributed by atoms with E-state index in [0.29, 0.717) is 6.61 Å². The summed E-state index contributed by atoms with van der Waals surface area (Å²) >= 11 is 0. The predicted molar refractivity (Wildman–Crippen MR) is 133 cm³/mol. The molecule has 0 saturated heterocycles. The van der Waals surface area contributed by atoms with Crippen molar-refractivity contribution in [1.29, 1.82) is 0 Å². The van der Waals surface area contributed by atoms with Crippen molar-refractivity contribution in [3.05, 3.63) is 66.1 Å². The third-order valence-corrected chi connectivity index (χ3v) is 8.38. The molecule has 182 valence electrons. The van der Waals surface area contributed by atoms with E-state index in [4.69, 9.17) is 14.6 Å². The minimum atomic E-state index is -0.925. The fourth-order valence-corrected chi connectivity index (χ4v) is 7.24. The van der Waals surface area contributed by atoms with Crippen LogP contribution < -0.4 is 4.74 Å². The molecule has 0 unspecified atom stereocenters. The minimum Gasteiger partial charge on any atom is -0.478 e. The lowest BCUT2D eigenvalue weighted by atomic mass is 9.48. The van der Waals surface area contributed by atoms with Gasteiger partial charge in [-0.2, -0.15) is 0 Å². The smallest absolute Gasteiger partial charge is 0.335 e. The topological polar surface area (TPSA) is 73.6 Å². The monoisotopic (exact) mass is 472 g/mol. The van der Waals surface area contributed by atoms with Gasteiger partial charge in [-0.1, -0.05) is 12.1 Å². The zero-order valence-electron chi connectivity index (χ0n) is 20.2. The van der Waals surface area contributed by atoms with Gasteiger partial charge in [0.25, 0.3) is 0 Å². The first kappa shape index (κ1) is 22.4. The number of hydrogen-bond acceptors (Lipinski definition) is 4. The number of ether oxygens (including phenoxy) is 2. The van der Waals surface area contributed by atoms with Crippen LogP contribution in [0.4, 0.5) is 0 Å². The Bertz CT molecular complexity index is 1190. The maximum absolute atomic E-state index is 11.2. The molecule has 4 aliphatic rings. The van der Waals surface area contributed by atoms with Crippen molar-refractivity contribution >= 4 is 5.97 Å². The highest BCUT2D eigenvalue weighted by atomic mass is 16.7. The molecule has 6 nitrogen and oxygen atoms in total. The number of hydrogen-bond donors (Lipinski definition) is 1. The molecule has 1 aromatic heterocycles. The van der Waals surface area contributed by atoms with Gasteiger partial charge in [-0.3, -0.25) is 0 Å². The zero-order chi connectivity index (χ0) is 24.0. The lowest BCUT2D eigenvalue weighted by Gasteiger charge is -2.57. The fraction of sp³-hybridized carbons (Fsp3) is 0.448. The Morgan fingerprint density at radius 3 is 2.37 bits per heavy atom. The molecular formula is C29H32N2O4. The number of carboxylic acid groups (broad SMARTS) is 1. The molecule has 1 heterocycles. The molecule has 4 bridgehead atoms. The number of rotatable bonds is 8. The number of carbonyl (C=O) groups is 1. The van der Waals surface area contributed by atoms with Gasteiger partial charge in [-0.15, -0.1) is 0 Å². The van der Waals surface area contributed by atoms with Gasteiger partial charge in [-0.05, 0) is 98.9 Å². The molecular weight excluding hydrogens is 440 g/mol. The van der Waals surface area contributed by atoms with Gasteiger partial charge in [0.2, 0.25) is 0 Å². The molecule has 3 aromatic rings. The zero-order valence-corrected chi connectivity index (χ0v) is 20.2. The fourth-order valence-electron chi connectivity index (χ4n) is 7.24. The van der Waals surface area contributed by atoms with E-state index in [9.17, 15) is 4.79 Å². The second kappa shape index (κ2) is 8.83. The largest absolute Gasteiger partial charge is 0.478 e. The molecule has 0 radical (unpaired) electrons. The summed E-state index contributed by atoms with van der Waals surface area (Å²) in [5.41, 5.74) is 4.58. The van der Waals surface area contributed by atoms with Crippen molar-refractivity contribution in [3.63, 3.8) is 0 Å². The first-order valence-corrected chi connectivity index (χ1v) is 12.8. The van der Waals surface area contributed by atoms with Crippen LogP contribution in [-0.4, -0.2) is 34.0 Å². The number of nitrogens with zero attached hydrogens (tertiary/aromatic N) is 2. The maximum Gasteiger partial charge on any atom is 0.335 e. The maximum atomic E-state index is 11.2. The van der Waals surface area contributed by atoms with E-state index >= 15 is 0 Å². The Hall–Kier alpha value is -3.12. The van der Waals surface area contributed by atoms with Crippen molar-refractivity contribution < 1.29 is 19.4 Å². The summed E-state index contributed by atoms with van der Waals surface area (Å²) in [6.07, 6.45) is 11.8. The van der Waals surface area contributed by atoms with E-state index in [0.717, 1.165) is 40.4 Å². The predicted octanol–water partition coefficient (Wildman–Crippen LogP) is 6.08. The average molecular weight is 473 g/mol. The highest BCUT2D eigenvalue weighted by Crippen LogP contribution is 2.62. The van der Waals surface area contributed by atoms with Crippen molar-refractivity contribution in [2.45, 2.75) is 50.9 Å². The van der Waals surface area contributed by atoms with Crippen LogP contribution in [0.5, 0.6) is 5.75 Å². The second-order valence-electron chi connectivity index (χ2n) is 10.7. The molecule has 6 heteroatoms. The SMILES string of the molecule is CCOCOc1ccc(-n2cnc(-c3ccc(C(=O)O)cc3)c2)cc1C12CC3CC(CC(C3)C1)C2. The Morgan fingerprint density at radius 1 is 1.06 bits per heavy atom. The normalized spacial score (nSPS) is 26.7. The summed E-state index contributed by atoms with van der Waals surface area (Å²) < 4.78 is 13.7. The highest BCUT2D eigenvalue weighted by molar-refractivity contribution is 5.88. The third kappa shape index (κ3) is 4.14. The van der Waals surface area contributed by atoms with Crippen LogP contribution in [0.3, 0.4) is 0 Å². The van der Waals surface area contributed by atoms with Crippen LogP contribution in [0, 0.1) is 17.8 Å². The molecule has 0 atom stereocenters. The molecule has 4 fully saturated rings. The van der Waals surface area contributed by atoms with Crippen LogP contribution in [0.25, 0.3) is 16.9 Å². The van der Waals surface area contributed by atoms with Crippen molar-refractivity contribution in [1.82, 2.24) is 9.55 Å². The van der Waals surface area contributed by atoms with Gasteiger partial charge in [0.1, 0.15) is 5.75 Å². The lowest BCUT2D eigenvalue weighted by molar-refractivity contribution is -0.0109. The summed E-state index contributed by atoms with van der Waals surface area (Å²) in [4.78, 5) is 15.8. The first-order chi connectivity index (χ1) is 17.0. The standard InChI is InChI=1S/C29H32N2O4/c1-2-34-18-35-27-8-7-24(12-25(27)29-13-19-9-20(14-29)11-21(10-19)15-29)31-16-26(30-17-31)22-3-5-23(6-4-22)28(32)33/h3-8,12,16-17,19-21H,2,9-11,13-15,18H2,1H3,(H,32,33). The van der Waals surface area contributed by atoms with Gasteiger partial charge in [-0.25, -0.2) is 9.78 Å². The van der Waals surface area contributed by atoms with E-state index in [1.807, 2.05) is 31.6 Å². The van der Waals surface area contributed by atoms with Gasteiger partial charge >= 0.3 is 5.97 Å². The molecule has 0 spiro atoms.